The molecule has 2 aromatic rings. The van der Waals surface area contributed by atoms with Gasteiger partial charge in [-0.15, -0.1) is 11.3 Å². The Balaban J connectivity index is 2.45. The van der Waals surface area contributed by atoms with Crippen LogP contribution in [0.4, 0.5) is 5.00 Å². The van der Waals surface area contributed by atoms with Gasteiger partial charge in [-0.1, -0.05) is 22.0 Å². The van der Waals surface area contributed by atoms with Gasteiger partial charge in [0.1, 0.15) is 5.00 Å². The highest BCUT2D eigenvalue weighted by molar-refractivity contribution is 9.10. The number of anilines is 1. The molecule has 0 atom stereocenters. The molecule has 0 aliphatic carbocycles. The number of ether oxygens (including phenoxy) is 1. The highest BCUT2D eigenvalue weighted by atomic mass is 79.9. The van der Waals surface area contributed by atoms with Gasteiger partial charge in [0.2, 0.25) is 0 Å². The fourth-order valence-corrected chi connectivity index (χ4v) is 3.77. The van der Waals surface area contributed by atoms with Gasteiger partial charge >= 0.3 is 5.97 Å². The second kappa shape index (κ2) is 7.79. The summed E-state index contributed by atoms with van der Waals surface area (Å²) in [6.45, 7) is 1.66. The van der Waals surface area contributed by atoms with E-state index >= 15 is 0 Å². The SMILES string of the molecule is COC(=O)c1c(NC(=O)c2cccc(Br)c2)sc(C(=O)N(C)C)c1C. The molecule has 1 N–H and O–H groups in total. The summed E-state index contributed by atoms with van der Waals surface area (Å²) in [5, 5.41) is 3.00. The van der Waals surface area contributed by atoms with E-state index in [1.165, 1.54) is 12.0 Å². The molecule has 0 saturated carbocycles. The van der Waals surface area contributed by atoms with Crippen molar-refractivity contribution in [2.24, 2.45) is 0 Å². The third-order valence-corrected chi connectivity index (χ3v) is 5.14. The molecule has 1 heterocycles. The molecular formula is C17H17BrN2O4S. The van der Waals surface area contributed by atoms with Gasteiger partial charge < -0.3 is 15.0 Å². The minimum absolute atomic E-state index is 0.195. The molecule has 0 radical (unpaired) electrons. The third kappa shape index (κ3) is 4.08. The van der Waals surface area contributed by atoms with E-state index in [9.17, 15) is 14.4 Å². The Morgan fingerprint density at radius 2 is 1.92 bits per heavy atom. The Labute approximate surface area is 157 Å². The van der Waals surface area contributed by atoms with Crippen LogP contribution in [-0.4, -0.2) is 43.9 Å². The number of amides is 2. The summed E-state index contributed by atoms with van der Waals surface area (Å²) in [5.41, 5.74) is 1.11. The Morgan fingerprint density at radius 3 is 2.48 bits per heavy atom. The molecule has 0 fully saturated rings. The number of esters is 1. The van der Waals surface area contributed by atoms with E-state index in [1.54, 1.807) is 45.3 Å². The summed E-state index contributed by atoms with van der Waals surface area (Å²) < 4.78 is 5.56. The second-order valence-corrected chi connectivity index (χ2v) is 7.35. The molecule has 1 aromatic carbocycles. The maximum Gasteiger partial charge on any atom is 0.341 e. The maximum absolute atomic E-state index is 12.5. The normalized spacial score (nSPS) is 10.3. The van der Waals surface area contributed by atoms with Crippen molar-refractivity contribution in [1.29, 1.82) is 0 Å². The average molecular weight is 425 g/mol. The number of hydrogen-bond donors (Lipinski definition) is 1. The number of nitrogens with one attached hydrogen (secondary N) is 1. The van der Waals surface area contributed by atoms with Crippen molar-refractivity contribution >= 4 is 50.1 Å². The highest BCUT2D eigenvalue weighted by Crippen LogP contribution is 2.34. The largest absolute Gasteiger partial charge is 0.465 e. The number of carbonyl (C=O) groups is 3. The van der Waals surface area contributed by atoms with Crippen molar-refractivity contribution in [2.45, 2.75) is 6.92 Å². The first kappa shape index (κ1) is 19.1. The minimum atomic E-state index is -0.601. The van der Waals surface area contributed by atoms with Crippen molar-refractivity contribution in [3.05, 3.63) is 50.3 Å². The van der Waals surface area contributed by atoms with Crippen LogP contribution in [0.25, 0.3) is 0 Å². The summed E-state index contributed by atoms with van der Waals surface area (Å²) in [6, 6.07) is 6.87. The first-order valence-corrected chi connectivity index (χ1v) is 8.87. The molecule has 132 valence electrons. The lowest BCUT2D eigenvalue weighted by molar-refractivity contribution is 0.0601. The Morgan fingerprint density at radius 1 is 1.24 bits per heavy atom. The summed E-state index contributed by atoms with van der Waals surface area (Å²) in [5.74, 6) is -1.22. The zero-order valence-corrected chi connectivity index (χ0v) is 16.6. The molecule has 25 heavy (non-hydrogen) atoms. The predicted molar refractivity (Wildman–Crippen MR) is 101 cm³/mol. The number of halogens is 1. The average Bonchev–Trinajstić information content (AvgIpc) is 2.89. The fourth-order valence-electron chi connectivity index (χ4n) is 2.16. The van der Waals surface area contributed by atoms with E-state index in [1.807, 2.05) is 0 Å². The quantitative estimate of drug-likeness (QED) is 0.761. The molecule has 0 bridgehead atoms. The van der Waals surface area contributed by atoms with Crippen molar-refractivity contribution in [1.82, 2.24) is 4.90 Å². The van der Waals surface area contributed by atoms with Crippen LogP contribution in [0.15, 0.2) is 28.7 Å². The number of carbonyl (C=O) groups excluding carboxylic acids is 3. The number of nitrogens with zero attached hydrogens (tertiary/aromatic N) is 1. The van der Waals surface area contributed by atoms with Crippen molar-refractivity contribution < 1.29 is 19.1 Å². The molecule has 0 spiro atoms. The number of hydrogen-bond acceptors (Lipinski definition) is 5. The van der Waals surface area contributed by atoms with E-state index in [0.29, 0.717) is 21.0 Å². The van der Waals surface area contributed by atoms with E-state index < -0.39 is 5.97 Å². The number of methoxy groups -OCH3 is 1. The van der Waals surface area contributed by atoms with E-state index in [0.717, 1.165) is 15.8 Å². The zero-order chi connectivity index (χ0) is 18.7. The molecule has 6 nitrogen and oxygen atoms in total. The Hall–Kier alpha value is -2.19. The lowest BCUT2D eigenvalue weighted by Crippen LogP contribution is -2.21. The first-order valence-electron chi connectivity index (χ1n) is 7.26. The lowest BCUT2D eigenvalue weighted by Gasteiger charge is -2.08. The molecular weight excluding hydrogens is 408 g/mol. The van der Waals surface area contributed by atoms with Crippen LogP contribution >= 0.6 is 27.3 Å². The van der Waals surface area contributed by atoms with E-state index in [-0.39, 0.29) is 17.4 Å². The third-order valence-electron chi connectivity index (χ3n) is 3.45. The lowest BCUT2D eigenvalue weighted by atomic mass is 10.1. The van der Waals surface area contributed by atoms with Gasteiger partial charge in [0.25, 0.3) is 11.8 Å². The van der Waals surface area contributed by atoms with Crippen LogP contribution < -0.4 is 5.32 Å². The minimum Gasteiger partial charge on any atom is -0.465 e. The number of thiophene rings is 1. The molecule has 2 rings (SSSR count). The maximum atomic E-state index is 12.5. The van der Waals surface area contributed by atoms with Gasteiger partial charge in [-0.2, -0.15) is 0 Å². The van der Waals surface area contributed by atoms with Gasteiger partial charge in [0.15, 0.2) is 0 Å². The summed E-state index contributed by atoms with van der Waals surface area (Å²) in [7, 11) is 4.50. The molecule has 2 amide bonds. The van der Waals surface area contributed by atoms with Gasteiger partial charge in [0, 0.05) is 24.1 Å². The Bertz CT molecular complexity index is 845. The van der Waals surface area contributed by atoms with Crippen molar-refractivity contribution in [3.63, 3.8) is 0 Å². The van der Waals surface area contributed by atoms with Gasteiger partial charge in [-0.3, -0.25) is 9.59 Å². The standard InChI is InChI=1S/C17H17BrN2O4S/c1-9-12(17(23)24-4)15(25-13(9)16(22)20(2)3)19-14(21)10-6-5-7-11(18)8-10/h5-8H,1-4H3,(H,19,21). The predicted octanol–water partition coefficient (Wildman–Crippen LogP) is 3.56. The van der Waals surface area contributed by atoms with E-state index in [2.05, 4.69) is 21.2 Å². The number of rotatable bonds is 4. The number of benzene rings is 1. The monoisotopic (exact) mass is 424 g/mol. The van der Waals surface area contributed by atoms with E-state index in [4.69, 9.17) is 4.74 Å². The molecule has 0 aliphatic heterocycles. The summed E-state index contributed by atoms with van der Waals surface area (Å²) >= 11 is 4.37. The van der Waals surface area contributed by atoms with Crippen LogP contribution in [-0.2, 0) is 4.74 Å². The molecule has 0 saturated heterocycles. The van der Waals surface area contributed by atoms with Crippen LogP contribution in [0.1, 0.15) is 36.0 Å². The van der Waals surface area contributed by atoms with Crippen molar-refractivity contribution in [3.8, 4) is 0 Å². The van der Waals surface area contributed by atoms with Crippen molar-refractivity contribution in [2.75, 3.05) is 26.5 Å². The Kier molecular flexibility index (Phi) is 5.97. The van der Waals surface area contributed by atoms with Crippen LogP contribution in [0.3, 0.4) is 0 Å². The first-order chi connectivity index (χ1) is 11.8. The molecule has 8 heteroatoms. The van der Waals surface area contributed by atoms with Gasteiger partial charge in [-0.05, 0) is 30.7 Å². The van der Waals surface area contributed by atoms with Crippen LogP contribution in [0, 0.1) is 6.92 Å². The van der Waals surface area contributed by atoms with Gasteiger partial charge in [-0.25, -0.2) is 4.79 Å². The second-order valence-electron chi connectivity index (χ2n) is 5.42. The smallest absolute Gasteiger partial charge is 0.341 e. The van der Waals surface area contributed by atoms with Crippen LogP contribution in [0.2, 0.25) is 0 Å². The molecule has 0 unspecified atom stereocenters. The fraction of sp³-hybridized carbons (Fsp3) is 0.235. The highest BCUT2D eigenvalue weighted by Gasteiger charge is 2.27. The molecule has 1 aromatic heterocycles. The molecule has 0 aliphatic rings. The summed E-state index contributed by atoms with van der Waals surface area (Å²) in [6.07, 6.45) is 0. The topological polar surface area (TPSA) is 75.7 Å². The van der Waals surface area contributed by atoms with Gasteiger partial charge in [0.05, 0.1) is 17.6 Å². The zero-order valence-electron chi connectivity index (χ0n) is 14.2. The summed E-state index contributed by atoms with van der Waals surface area (Å²) in [4.78, 5) is 38.7. The van der Waals surface area contributed by atoms with Crippen LogP contribution in [0.5, 0.6) is 0 Å².